The Bertz CT molecular complexity index is 405. The average molecular weight is 234 g/mol. The third kappa shape index (κ3) is 1.23. The summed E-state index contributed by atoms with van der Waals surface area (Å²) in [6.07, 6.45) is 0.995. The van der Waals surface area contributed by atoms with Crippen LogP contribution in [0.3, 0.4) is 0 Å². The van der Waals surface area contributed by atoms with Gasteiger partial charge in [0.15, 0.2) is 0 Å². The smallest absolute Gasteiger partial charge is 0.235 e. The Balaban J connectivity index is 2.36. The molecule has 0 bridgehead atoms. The van der Waals surface area contributed by atoms with E-state index in [-0.39, 0.29) is 29.1 Å². The Morgan fingerprint density at radius 1 is 1.24 bits per heavy atom. The Labute approximate surface area is 102 Å². The SMILES string of the molecule is CCC(C#N)(CC)N1C(=O)C2C(C1=O)C2(C)C. The molecule has 0 spiro atoms. The zero-order valence-electron chi connectivity index (χ0n) is 10.8. The van der Waals surface area contributed by atoms with Crippen molar-refractivity contribution in [2.75, 3.05) is 0 Å². The van der Waals surface area contributed by atoms with E-state index in [0.29, 0.717) is 12.8 Å². The fraction of sp³-hybridized carbons (Fsp3) is 0.769. The number of carbonyl (C=O) groups is 2. The maximum Gasteiger partial charge on any atom is 0.235 e. The zero-order valence-corrected chi connectivity index (χ0v) is 10.8. The van der Waals surface area contributed by atoms with Crippen molar-refractivity contribution in [1.29, 1.82) is 5.26 Å². The van der Waals surface area contributed by atoms with E-state index in [1.165, 1.54) is 4.90 Å². The number of hydrogen-bond donors (Lipinski definition) is 0. The van der Waals surface area contributed by atoms with Gasteiger partial charge in [0.05, 0.1) is 17.9 Å². The van der Waals surface area contributed by atoms with Gasteiger partial charge in [0.2, 0.25) is 11.8 Å². The van der Waals surface area contributed by atoms with Crippen molar-refractivity contribution in [1.82, 2.24) is 4.90 Å². The molecule has 0 N–H and O–H groups in total. The highest BCUT2D eigenvalue weighted by Gasteiger charge is 2.74. The molecule has 0 aromatic carbocycles. The largest absolute Gasteiger partial charge is 0.274 e. The first-order chi connectivity index (χ1) is 7.87. The van der Waals surface area contributed by atoms with Crippen LogP contribution in [-0.2, 0) is 9.59 Å². The number of rotatable bonds is 3. The van der Waals surface area contributed by atoms with Crippen molar-refractivity contribution in [2.24, 2.45) is 17.3 Å². The number of hydrogen-bond acceptors (Lipinski definition) is 3. The first kappa shape index (κ1) is 12.1. The molecule has 0 aromatic rings. The molecule has 2 atom stereocenters. The number of nitrogens with zero attached hydrogens (tertiary/aromatic N) is 2. The molecular formula is C13H18N2O2. The minimum atomic E-state index is -0.933. The lowest BCUT2D eigenvalue weighted by atomic mass is 9.90. The van der Waals surface area contributed by atoms with E-state index in [4.69, 9.17) is 0 Å². The average Bonchev–Trinajstić information content (AvgIpc) is 2.75. The third-order valence-corrected chi connectivity index (χ3v) is 4.61. The molecule has 0 aromatic heterocycles. The van der Waals surface area contributed by atoms with Gasteiger partial charge in [-0.15, -0.1) is 0 Å². The van der Waals surface area contributed by atoms with E-state index in [1.54, 1.807) is 0 Å². The summed E-state index contributed by atoms with van der Waals surface area (Å²) in [6.45, 7) is 7.59. The second kappa shape index (κ2) is 3.32. The predicted octanol–water partition coefficient (Wildman–Crippen LogP) is 1.71. The summed E-state index contributed by atoms with van der Waals surface area (Å²) in [5.41, 5.74) is -1.13. The normalized spacial score (nSPS) is 30.2. The van der Waals surface area contributed by atoms with Crippen molar-refractivity contribution in [2.45, 2.75) is 46.1 Å². The fourth-order valence-corrected chi connectivity index (χ4v) is 3.14. The number of fused-ring (bicyclic) bond motifs is 1. The molecule has 2 aliphatic rings. The molecular weight excluding hydrogens is 216 g/mol. The molecule has 1 aliphatic heterocycles. The Kier molecular flexibility index (Phi) is 2.36. The van der Waals surface area contributed by atoms with Crippen LogP contribution in [0.2, 0.25) is 0 Å². The topological polar surface area (TPSA) is 61.2 Å². The molecule has 2 amide bonds. The summed E-state index contributed by atoms with van der Waals surface area (Å²) < 4.78 is 0. The molecule has 2 fully saturated rings. The lowest BCUT2D eigenvalue weighted by Crippen LogP contribution is -2.52. The van der Waals surface area contributed by atoms with Crippen LogP contribution < -0.4 is 0 Å². The first-order valence-electron chi connectivity index (χ1n) is 6.16. The van der Waals surface area contributed by atoms with Gasteiger partial charge < -0.3 is 0 Å². The number of likely N-dealkylation sites (tertiary alicyclic amines) is 1. The van der Waals surface area contributed by atoms with Crippen LogP contribution in [0.15, 0.2) is 0 Å². The van der Waals surface area contributed by atoms with Crippen LogP contribution >= 0.6 is 0 Å². The Morgan fingerprint density at radius 2 is 1.65 bits per heavy atom. The van der Waals surface area contributed by atoms with Gasteiger partial charge in [0.25, 0.3) is 0 Å². The second-order valence-electron chi connectivity index (χ2n) is 5.64. The van der Waals surface area contributed by atoms with Crippen molar-refractivity contribution >= 4 is 11.8 Å². The Hall–Kier alpha value is -1.37. The molecule has 17 heavy (non-hydrogen) atoms. The summed E-state index contributed by atoms with van der Waals surface area (Å²) in [4.78, 5) is 25.7. The van der Waals surface area contributed by atoms with Crippen LogP contribution in [0, 0.1) is 28.6 Å². The number of nitriles is 1. The highest BCUT2D eigenvalue weighted by molar-refractivity contribution is 6.11. The third-order valence-electron chi connectivity index (χ3n) is 4.61. The predicted molar refractivity (Wildman–Crippen MR) is 61.5 cm³/mol. The van der Waals surface area contributed by atoms with Gasteiger partial charge in [-0.2, -0.15) is 5.26 Å². The molecule has 0 radical (unpaired) electrons. The second-order valence-corrected chi connectivity index (χ2v) is 5.64. The van der Waals surface area contributed by atoms with Gasteiger partial charge in [-0.05, 0) is 18.3 Å². The van der Waals surface area contributed by atoms with Gasteiger partial charge in [-0.25, -0.2) is 0 Å². The van der Waals surface area contributed by atoms with Crippen molar-refractivity contribution in [3.05, 3.63) is 0 Å². The van der Waals surface area contributed by atoms with Crippen LogP contribution in [0.25, 0.3) is 0 Å². The van der Waals surface area contributed by atoms with E-state index in [1.807, 2.05) is 27.7 Å². The van der Waals surface area contributed by atoms with Crippen molar-refractivity contribution < 1.29 is 9.59 Å². The summed E-state index contributed by atoms with van der Waals surface area (Å²) >= 11 is 0. The van der Waals surface area contributed by atoms with Crippen LogP contribution in [0.4, 0.5) is 0 Å². The van der Waals surface area contributed by atoms with E-state index in [0.717, 1.165) is 0 Å². The Morgan fingerprint density at radius 3 is 1.94 bits per heavy atom. The number of piperidine rings is 1. The highest BCUT2D eigenvalue weighted by atomic mass is 16.2. The highest BCUT2D eigenvalue weighted by Crippen LogP contribution is 2.64. The molecule has 4 nitrogen and oxygen atoms in total. The van der Waals surface area contributed by atoms with Crippen molar-refractivity contribution in [3.63, 3.8) is 0 Å². The van der Waals surface area contributed by atoms with Crippen LogP contribution in [0.1, 0.15) is 40.5 Å². The fourth-order valence-electron chi connectivity index (χ4n) is 3.14. The maximum absolute atomic E-state index is 12.3. The zero-order chi connectivity index (χ0) is 13.0. The van der Waals surface area contributed by atoms with Gasteiger partial charge in [0, 0.05) is 0 Å². The van der Waals surface area contributed by atoms with E-state index >= 15 is 0 Å². The standard InChI is InChI=1S/C13H18N2O2/c1-5-13(6-2,7-14)15-10(16)8-9(11(15)17)12(8,3)4/h8-9H,5-6H2,1-4H3. The van der Waals surface area contributed by atoms with E-state index in [2.05, 4.69) is 6.07 Å². The maximum atomic E-state index is 12.3. The van der Waals surface area contributed by atoms with Crippen LogP contribution in [0.5, 0.6) is 0 Å². The molecule has 4 heteroatoms. The van der Waals surface area contributed by atoms with Gasteiger partial charge in [0.1, 0.15) is 5.54 Å². The molecule has 1 aliphatic carbocycles. The summed E-state index contributed by atoms with van der Waals surface area (Å²) in [5.74, 6) is -0.674. The molecule has 1 saturated heterocycles. The summed E-state index contributed by atoms with van der Waals surface area (Å²) in [6, 6.07) is 2.17. The van der Waals surface area contributed by atoms with E-state index in [9.17, 15) is 14.9 Å². The van der Waals surface area contributed by atoms with E-state index < -0.39 is 5.54 Å². The molecule has 1 saturated carbocycles. The van der Waals surface area contributed by atoms with Crippen molar-refractivity contribution in [3.8, 4) is 6.07 Å². The van der Waals surface area contributed by atoms with Crippen LogP contribution in [-0.4, -0.2) is 22.3 Å². The van der Waals surface area contributed by atoms with Gasteiger partial charge in [-0.1, -0.05) is 27.7 Å². The van der Waals surface area contributed by atoms with Gasteiger partial charge >= 0.3 is 0 Å². The molecule has 92 valence electrons. The molecule has 2 rings (SSSR count). The number of imide groups is 1. The lowest BCUT2D eigenvalue weighted by Gasteiger charge is -2.35. The minimum Gasteiger partial charge on any atom is -0.274 e. The molecule has 1 heterocycles. The summed E-state index contributed by atoms with van der Waals surface area (Å²) in [7, 11) is 0. The van der Waals surface area contributed by atoms with Gasteiger partial charge in [-0.3, -0.25) is 14.5 Å². The first-order valence-corrected chi connectivity index (χ1v) is 6.16. The lowest BCUT2D eigenvalue weighted by molar-refractivity contribution is -0.148. The number of amides is 2. The number of carbonyl (C=O) groups excluding carboxylic acids is 2. The summed E-state index contributed by atoms with van der Waals surface area (Å²) in [5, 5.41) is 9.31. The minimum absolute atomic E-state index is 0.143. The monoisotopic (exact) mass is 234 g/mol. The molecule has 2 unspecified atom stereocenters. The quantitative estimate of drug-likeness (QED) is 0.698.